The third-order valence-electron chi connectivity index (χ3n) is 2.03. The highest BCUT2D eigenvalue weighted by molar-refractivity contribution is 7.74. The zero-order chi connectivity index (χ0) is 11.4. The molecule has 0 fully saturated rings. The Bertz CT molecular complexity index is 334. The highest BCUT2D eigenvalue weighted by Crippen LogP contribution is 2.22. The van der Waals surface area contributed by atoms with E-state index in [4.69, 9.17) is 0 Å². The van der Waals surface area contributed by atoms with Crippen molar-refractivity contribution >= 4 is 11.4 Å². The average Bonchev–Trinajstić information content (AvgIpc) is 2.15. The van der Waals surface area contributed by atoms with Crippen LogP contribution in [0.4, 0.5) is 0 Å². The molecular formula is C10H13O4S-. The van der Waals surface area contributed by atoms with Crippen molar-refractivity contribution in [2.75, 3.05) is 0 Å². The molecule has 15 heavy (non-hydrogen) atoms. The standard InChI is InChI=1S/C10H14O4S/c1-7-3-5-9(6-4-7)10(8(2)11)14-15(12)13/h3-6,8,10-11H,1-2H3,(H,12,13)/p-1. The Morgan fingerprint density at radius 1 is 1.40 bits per heavy atom. The van der Waals surface area contributed by atoms with Gasteiger partial charge in [0.25, 0.3) is 0 Å². The van der Waals surface area contributed by atoms with E-state index in [2.05, 4.69) is 4.18 Å². The second kappa shape index (κ2) is 5.37. The molecule has 4 nitrogen and oxygen atoms in total. The van der Waals surface area contributed by atoms with Crippen molar-refractivity contribution in [1.82, 2.24) is 0 Å². The van der Waals surface area contributed by atoms with Crippen LogP contribution >= 0.6 is 0 Å². The van der Waals surface area contributed by atoms with Crippen LogP contribution < -0.4 is 0 Å². The number of hydrogen-bond donors (Lipinski definition) is 1. The molecule has 1 aromatic rings. The molecule has 0 aliphatic carbocycles. The summed E-state index contributed by atoms with van der Waals surface area (Å²) < 4.78 is 25.4. The van der Waals surface area contributed by atoms with Crippen LogP contribution in [-0.4, -0.2) is 20.0 Å². The normalized spacial score (nSPS) is 17.1. The van der Waals surface area contributed by atoms with Crippen molar-refractivity contribution in [3.8, 4) is 0 Å². The van der Waals surface area contributed by atoms with Gasteiger partial charge in [-0.05, 0) is 19.4 Å². The van der Waals surface area contributed by atoms with Crippen LogP contribution in [0.5, 0.6) is 0 Å². The second-order valence-electron chi connectivity index (χ2n) is 3.37. The topological polar surface area (TPSA) is 69.6 Å². The van der Waals surface area contributed by atoms with E-state index >= 15 is 0 Å². The molecule has 1 rings (SSSR count). The van der Waals surface area contributed by atoms with Gasteiger partial charge in [0.1, 0.15) is 6.10 Å². The van der Waals surface area contributed by atoms with Gasteiger partial charge >= 0.3 is 0 Å². The minimum atomic E-state index is -2.63. The summed E-state index contributed by atoms with van der Waals surface area (Å²) in [5.41, 5.74) is 1.70. The summed E-state index contributed by atoms with van der Waals surface area (Å²) >= 11 is -2.63. The van der Waals surface area contributed by atoms with Crippen LogP contribution in [0.3, 0.4) is 0 Å². The molecule has 0 radical (unpaired) electrons. The van der Waals surface area contributed by atoms with Gasteiger partial charge in [-0.25, -0.2) is 4.21 Å². The van der Waals surface area contributed by atoms with E-state index in [0.717, 1.165) is 5.56 Å². The molecule has 0 bridgehead atoms. The minimum Gasteiger partial charge on any atom is -0.750 e. The Morgan fingerprint density at radius 2 is 1.93 bits per heavy atom. The monoisotopic (exact) mass is 229 g/mol. The van der Waals surface area contributed by atoms with Crippen molar-refractivity contribution in [2.45, 2.75) is 26.1 Å². The largest absolute Gasteiger partial charge is 0.750 e. The van der Waals surface area contributed by atoms with E-state index in [0.29, 0.717) is 5.56 Å². The molecule has 0 saturated heterocycles. The number of benzene rings is 1. The molecule has 1 N–H and O–H groups in total. The van der Waals surface area contributed by atoms with Crippen LogP contribution in [-0.2, 0) is 15.5 Å². The highest BCUT2D eigenvalue weighted by Gasteiger charge is 2.18. The molecule has 1 aromatic carbocycles. The predicted octanol–water partition coefficient (Wildman–Crippen LogP) is 1.23. The maximum atomic E-state index is 10.4. The lowest BCUT2D eigenvalue weighted by Gasteiger charge is -2.21. The van der Waals surface area contributed by atoms with E-state index in [1.54, 1.807) is 12.1 Å². The number of aliphatic hydroxyl groups is 1. The van der Waals surface area contributed by atoms with Gasteiger partial charge in [0.15, 0.2) is 0 Å². The van der Waals surface area contributed by atoms with Gasteiger partial charge in [-0.2, -0.15) is 0 Å². The number of aryl methyl sites for hydroxylation is 1. The van der Waals surface area contributed by atoms with Crippen molar-refractivity contribution in [2.24, 2.45) is 0 Å². The van der Waals surface area contributed by atoms with Gasteiger partial charge in [-0.1, -0.05) is 29.8 Å². The summed E-state index contributed by atoms with van der Waals surface area (Å²) in [4.78, 5) is 0. The summed E-state index contributed by atoms with van der Waals surface area (Å²) in [6.07, 6.45) is -1.73. The lowest BCUT2D eigenvalue weighted by atomic mass is 10.0. The van der Waals surface area contributed by atoms with Gasteiger partial charge in [0.2, 0.25) is 0 Å². The quantitative estimate of drug-likeness (QED) is 0.788. The smallest absolute Gasteiger partial charge is 0.124 e. The first-order chi connectivity index (χ1) is 7.00. The van der Waals surface area contributed by atoms with Gasteiger partial charge in [-0.15, -0.1) is 0 Å². The van der Waals surface area contributed by atoms with Crippen molar-refractivity contribution < 1.29 is 18.1 Å². The Labute approximate surface area is 91.4 Å². The van der Waals surface area contributed by atoms with Gasteiger partial charge < -0.3 is 9.66 Å². The van der Waals surface area contributed by atoms with Gasteiger partial charge in [-0.3, -0.25) is 4.18 Å². The molecule has 3 unspecified atom stereocenters. The molecule has 3 atom stereocenters. The third kappa shape index (κ3) is 3.71. The fraction of sp³-hybridized carbons (Fsp3) is 0.400. The van der Waals surface area contributed by atoms with Crippen molar-refractivity contribution in [3.63, 3.8) is 0 Å². The zero-order valence-electron chi connectivity index (χ0n) is 8.54. The number of aliphatic hydroxyl groups excluding tert-OH is 1. The van der Waals surface area contributed by atoms with Gasteiger partial charge in [0, 0.05) is 0 Å². The maximum absolute atomic E-state index is 10.4. The second-order valence-corrected chi connectivity index (χ2v) is 3.97. The lowest BCUT2D eigenvalue weighted by molar-refractivity contribution is 0.0503. The molecular weight excluding hydrogens is 216 g/mol. The van der Waals surface area contributed by atoms with Crippen LogP contribution in [0.2, 0.25) is 0 Å². The van der Waals surface area contributed by atoms with E-state index in [1.165, 1.54) is 6.92 Å². The number of hydrogen-bond acceptors (Lipinski definition) is 4. The summed E-state index contributed by atoms with van der Waals surface area (Å²) in [6, 6.07) is 7.14. The molecule has 0 heterocycles. The Balaban J connectivity index is 2.88. The first kappa shape index (κ1) is 12.3. The number of rotatable bonds is 4. The minimum absolute atomic E-state index is 0.639. The SMILES string of the molecule is Cc1ccc(C(OS(=O)[O-])C(C)O)cc1. The first-order valence-corrected chi connectivity index (χ1v) is 5.51. The molecule has 0 aromatic heterocycles. The highest BCUT2D eigenvalue weighted by atomic mass is 32.2. The third-order valence-corrected chi connectivity index (χ3v) is 2.39. The van der Waals surface area contributed by atoms with Crippen LogP contribution in [0, 0.1) is 6.92 Å². The predicted molar refractivity (Wildman–Crippen MR) is 55.6 cm³/mol. The average molecular weight is 229 g/mol. The Morgan fingerprint density at radius 3 is 2.33 bits per heavy atom. The summed E-state index contributed by atoms with van der Waals surface area (Å²) in [5, 5.41) is 9.39. The van der Waals surface area contributed by atoms with E-state index in [1.807, 2.05) is 19.1 Å². The fourth-order valence-corrected chi connectivity index (χ4v) is 1.70. The summed E-state index contributed by atoms with van der Waals surface area (Å²) in [7, 11) is 0. The van der Waals surface area contributed by atoms with Crippen molar-refractivity contribution in [1.29, 1.82) is 0 Å². The van der Waals surface area contributed by atoms with Crippen LogP contribution in [0.15, 0.2) is 24.3 Å². The van der Waals surface area contributed by atoms with E-state index in [9.17, 15) is 13.9 Å². The van der Waals surface area contributed by atoms with Gasteiger partial charge in [0.05, 0.1) is 17.5 Å². The van der Waals surface area contributed by atoms with Crippen LogP contribution in [0.1, 0.15) is 24.2 Å². The van der Waals surface area contributed by atoms with Crippen molar-refractivity contribution in [3.05, 3.63) is 35.4 Å². The Kier molecular flexibility index (Phi) is 4.41. The molecule has 84 valence electrons. The zero-order valence-corrected chi connectivity index (χ0v) is 9.36. The molecule has 5 heteroatoms. The molecule has 0 spiro atoms. The first-order valence-electron chi connectivity index (χ1n) is 4.51. The fourth-order valence-electron chi connectivity index (χ4n) is 1.26. The lowest BCUT2D eigenvalue weighted by Crippen LogP contribution is -2.19. The molecule has 0 aliphatic rings. The Hall–Kier alpha value is -0.750. The molecule has 0 amide bonds. The maximum Gasteiger partial charge on any atom is 0.124 e. The molecule has 0 saturated carbocycles. The summed E-state index contributed by atoms with van der Waals surface area (Å²) in [6.45, 7) is 3.41. The molecule has 0 aliphatic heterocycles. The van der Waals surface area contributed by atoms with E-state index in [-0.39, 0.29) is 0 Å². The van der Waals surface area contributed by atoms with E-state index < -0.39 is 23.6 Å². The van der Waals surface area contributed by atoms with Crippen LogP contribution in [0.25, 0.3) is 0 Å². The summed E-state index contributed by atoms with van der Waals surface area (Å²) in [5.74, 6) is 0.